The van der Waals surface area contributed by atoms with Crippen LogP contribution in [-0.4, -0.2) is 33.2 Å². The molecule has 0 unspecified atom stereocenters. The van der Waals surface area contributed by atoms with Crippen molar-refractivity contribution in [3.8, 4) is 11.3 Å². The van der Waals surface area contributed by atoms with Gasteiger partial charge in [-0.05, 0) is 52.0 Å². The smallest absolute Gasteiger partial charge is 0.338 e. The van der Waals surface area contributed by atoms with Gasteiger partial charge in [-0.25, -0.2) is 4.79 Å². The highest BCUT2D eigenvalue weighted by Crippen LogP contribution is 2.37. The Hall–Kier alpha value is -2.38. The van der Waals surface area contributed by atoms with Gasteiger partial charge in [0.1, 0.15) is 15.8 Å². The SMILES string of the molecule is CCOC(=O)c1ccc(-c2ccc(/C=C3/SC(=S)N(C(C)(C)C)C3=O)o2)cc1. The van der Waals surface area contributed by atoms with E-state index in [0.29, 0.717) is 32.9 Å². The molecule has 0 radical (unpaired) electrons. The highest BCUT2D eigenvalue weighted by Gasteiger charge is 2.39. The first-order valence-corrected chi connectivity index (χ1v) is 10.1. The molecular formula is C21H21NO4S2. The minimum Gasteiger partial charge on any atom is -0.462 e. The Labute approximate surface area is 173 Å². The van der Waals surface area contributed by atoms with E-state index in [1.165, 1.54) is 11.8 Å². The Morgan fingerprint density at radius 3 is 2.46 bits per heavy atom. The number of rotatable bonds is 4. The molecule has 1 amide bonds. The number of carbonyl (C=O) groups is 2. The second-order valence-electron chi connectivity index (χ2n) is 7.19. The van der Waals surface area contributed by atoms with Crippen molar-refractivity contribution >= 4 is 46.3 Å². The monoisotopic (exact) mass is 415 g/mol. The van der Waals surface area contributed by atoms with Crippen LogP contribution in [0.1, 0.15) is 43.8 Å². The van der Waals surface area contributed by atoms with E-state index in [0.717, 1.165) is 5.56 Å². The molecule has 146 valence electrons. The van der Waals surface area contributed by atoms with Gasteiger partial charge in [0, 0.05) is 17.2 Å². The van der Waals surface area contributed by atoms with Gasteiger partial charge in [0.25, 0.3) is 5.91 Å². The van der Waals surface area contributed by atoms with Crippen LogP contribution >= 0.6 is 24.0 Å². The first-order valence-electron chi connectivity index (χ1n) is 8.86. The highest BCUT2D eigenvalue weighted by atomic mass is 32.2. The van der Waals surface area contributed by atoms with Gasteiger partial charge in [-0.2, -0.15) is 0 Å². The fourth-order valence-electron chi connectivity index (χ4n) is 2.75. The minimum atomic E-state index is -0.369. The van der Waals surface area contributed by atoms with Crippen molar-refractivity contribution < 1.29 is 18.7 Å². The zero-order chi connectivity index (χ0) is 20.5. The lowest BCUT2D eigenvalue weighted by Gasteiger charge is -2.30. The van der Waals surface area contributed by atoms with Crippen molar-refractivity contribution in [2.45, 2.75) is 33.2 Å². The summed E-state index contributed by atoms with van der Waals surface area (Å²) in [5.74, 6) is 0.751. The molecule has 0 N–H and O–H groups in total. The van der Waals surface area contributed by atoms with E-state index in [2.05, 4.69) is 0 Å². The van der Waals surface area contributed by atoms with Crippen LogP contribution in [0.25, 0.3) is 17.4 Å². The first kappa shape index (κ1) is 20.4. The molecule has 2 heterocycles. The number of thioether (sulfide) groups is 1. The molecule has 0 spiro atoms. The number of hydrogen-bond acceptors (Lipinski definition) is 6. The number of thiocarbonyl (C=S) groups is 1. The molecule has 0 bridgehead atoms. The molecule has 0 saturated carbocycles. The van der Waals surface area contributed by atoms with Crippen LogP contribution in [0.5, 0.6) is 0 Å². The molecule has 0 atom stereocenters. The molecule has 2 aromatic rings. The van der Waals surface area contributed by atoms with E-state index in [1.54, 1.807) is 48.2 Å². The Bertz CT molecular complexity index is 952. The molecule has 28 heavy (non-hydrogen) atoms. The zero-order valence-electron chi connectivity index (χ0n) is 16.1. The van der Waals surface area contributed by atoms with Gasteiger partial charge in [0.05, 0.1) is 17.1 Å². The van der Waals surface area contributed by atoms with Crippen LogP contribution in [0, 0.1) is 0 Å². The van der Waals surface area contributed by atoms with Gasteiger partial charge >= 0.3 is 5.97 Å². The summed E-state index contributed by atoms with van der Waals surface area (Å²) in [6.45, 7) is 7.96. The van der Waals surface area contributed by atoms with E-state index < -0.39 is 0 Å². The largest absolute Gasteiger partial charge is 0.462 e. The minimum absolute atomic E-state index is 0.112. The maximum absolute atomic E-state index is 12.7. The maximum atomic E-state index is 12.7. The Morgan fingerprint density at radius 2 is 1.89 bits per heavy atom. The molecule has 7 heteroatoms. The second kappa shape index (κ2) is 7.93. The van der Waals surface area contributed by atoms with Crippen LogP contribution in [0.3, 0.4) is 0 Å². The number of benzene rings is 1. The van der Waals surface area contributed by atoms with Crippen molar-refractivity contribution in [3.63, 3.8) is 0 Å². The van der Waals surface area contributed by atoms with Crippen LogP contribution < -0.4 is 0 Å². The van der Waals surface area contributed by atoms with E-state index >= 15 is 0 Å². The van der Waals surface area contributed by atoms with E-state index in [1.807, 2.05) is 26.8 Å². The predicted octanol–water partition coefficient (Wildman–Crippen LogP) is 5.12. The highest BCUT2D eigenvalue weighted by molar-refractivity contribution is 8.26. The average Bonchev–Trinajstić information content (AvgIpc) is 3.19. The Kier molecular flexibility index (Phi) is 5.76. The lowest BCUT2D eigenvalue weighted by molar-refractivity contribution is -0.125. The van der Waals surface area contributed by atoms with Gasteiger partial charge in [0.2, 0.25) is 0 Å². The van der Waals surface area contributed by atoms with E-state index in [-0.39, 0.29) is 17.4 Å². The number of nitrogens with zero attached hydrogens (tertiary/aromatic N) is 1. The van der Waals surface area contributed by atoms with Crippen molar-refractivity contribution in [1.29, 1.82) is 0 Å². The number of amides is 1. The Balaban J connectivity index is 1.79. The molecule has 1 fully saturated rings. The quantitative estimate of drug-likeness (QED) is 0.392. The maximum Gasteiger partial charge on any atom is 0.338 e. The molecular weight excluding hydrogens is 394 g/mol. The lowest BCUT2D eigenvalue weighted by atomic mass is 10.1. The Morgan fingerprint density at radius 1 is 1.21 bits per heavy atom. The molecule has 3 rings (SSSR count). The molecule has 0 aliphatic carbocycles. The van der Waals surface area contributed by atoms with Gasteiger partial charge < -0.3 is 9.15 Å². The fraction of sp³-hybridized carbons (Fsp3) is 0.286. The molecule has 1 aromatic heterocycles. The molecule has 1 aliphatic heterocycles. The molecule has 5 nitrogen and oxygen atoms in total. The topological polar surface area (TPSA) is 59.8 Å². The van der Waals surface area contributed by atoms with Crippen LogP contribution in [0.2, 0.25) is 0 Å². The van der Waals surface area contributed by atoms with Crippen molar-refractivity contribution in [1.82, 2.24) is 4.90 Å². The second-order valence-corrected chi connectivity index (χ2v) is 8.86. The number of furan rings is 1. The fourth-order valence-corrected chi connectivity index (χ4v) is 4.36. The summed E-state index contributed by atoms with van der Waals surface area (Å²) in [4.78, 5) is 26.6. The summed E-state index contributed by atoms with van der Waals surface area (Å²) in [7, 11) is 0. The summed E-state index contributed by atoms with van der Waals surface area (Å²) >= 11 is 6.63. The lowest BCUT2D eigenvalue weighted by Crippen LogP contribution is -2.44. The normalized spacial score (nSPS) is 16.1. The third-order valence-corrected chi connectivity index (χ3v) is 5.35. The summed E-state index contributed by atoms with van der Waals surface area (Å²) in [5, 5.41) is 0. The zero-order valence-corrected chi connectivity index (χ0v) is 17.8. The van der Waals surface area contributed by atoms with Crippen molar-refractivity contribution in [2.75, 3.05) is 6.61 Å². The summed E-state index contributed by atoms with van der Waals surface area (Å²) in [5.41, 5.74) is 0.948. The van der Waals surface area contributed by atoms with Crippen molar-refractivity contribution in [2.24, 2.45) is 0 Å². The van der Waals surface area contributed by atoms with Crippen LogP contribution in [-0.2, 0) is 9.53 Å². The molecule has 1 aliphatic rings. The summed E-state index contributed by atoms with van der Waals surface area (Å²) in [6.07, 6.45) is 1.71. The molecule has 1 saturated heterocycles. The summed E-state index contributed by atoms with van der Waals surface area (Å²) in [6, 6.07) is 10.6. The van der Waals surface area contributed by atoms with Gasteiger partial charge in [-0.1, -0.05) is 36.1 Å². The number of ether oxygens (including phenoxy) is 1. The van der Waals surface area contributed by atoms with Crippen LogP contribution in [0.15, 0.2) is 45.7 Å². The van der Waals surface area contributed by atoms with Gasteiger partial charge in [-0.3, -0.25) is 9.69 Å². The third-order valence-electron chi connectivity index (χ3n) is 4.05. The third kappa shape index (κ3) is 4.20. The average molecular weight is 416 g/mol. The number of esters is 1. The van der Waals surface area contributed by atoms with Gasteiger partial charge in [0.15, 0.2) is 0 Å². The standard InChI is InChI=1S/C21H21NO4S2/c1-5-25-19(24)14-8-6-13(7-9-14)16-11-10-15(26-16)12-17-18(23)22(20(27)28-17)21(2,3)4/h6-12H,5H2,1-4H3/b17-12+. The van der Waals surface area contributed by atoms with E-state index in [9.17, 15) is 9.59 Å². The molecule has 1 aromatic carbocycles. The number of hydrogen-bond donors (Lipinski definition) is 0. The van der Waals surface area contributed by atoms with Gasteiger partial charge in [-0.15, -0.1) is 0 Å². The van der Waals surface area contributed by atoms with Crippen molar-refractivity contribution in [3.05, 3.63) is 52.6 Å². The predicted molar refractivity (Wildman–Crippen MR) is 115 cm³/mol. The number of carbonyl (C=O) groups excluding carboxylic acids is 2. The first-order chi connectivity index (χ1) is 13.2. The van der Waals surface area contributed by atoms with Crippen LogP contribution in [0.4, 0.5) is 0 Å². The summed E-state index contributed by atoms with van der Waals surface area (Å²) < 4.78 is 11.4. The van der Waals surface area contributed by atoms with E-state index in [4.69, 9.17) is 21.4 Å².